The second-order valence-electron chi connectivity index (χ2n) is 8.65. The van der Waals surface area contributed by atoms with E-state index in [2.05, 4.69) is 5.32 Å². The molecule has 2 aliphatic rings. The lowest BCUT2D eigenvalue weighted by atomic mass is 9.87. The van der Waals surface area contributed by atoms with Crippen molar-refractivity contribution in [3.8, 4) is 11.3 Å². The van der Waals surface area contributed by atoms with Crippen LogP contribution in [-0.4, -0.2) is 15.9 Å². The Bertz CT molecular complexity index is 954. The Hall–Kier alpha value is -2.69. The third-order valence-corrected chi connectivity index (χ3v) is 5.89. The number of hydrogen-bond donors (Lipinski definition) is 2. The number of rotatable bonds is 4. The molecule has 29 heavy (non-hydrogen) atoms. The van der Waals surface area contributed by atoms with Gasteiger partial charge in [0.15, 0.2) is 5.82 Å². The molecular formula is C24H30N4O. The molecule has 2 aliphatic carbocycles. The number of anilines is 2. The van der Waals surface area contributed by atoms with E-state index in [0.29, 0.717) is 18.2 Å². The van der Waals surface area contributed by atoms with E-state index in [4.69, 9.17) is 15.7 Å². The Morgan fingerprint density at radius 3 is 2.72 bits per heavy atom. The number of nitrogens with one attached hydrogen (secondary N) is 1. The maximum atomic E-state index is 12.7. The summed E-state index contributed by atoms with van der Waals surface area (Å²) in [6, 6.07) is 5.97. The van der Waals surface area contributed by atoms with Crippen LogP contribution in [0.15, 0.2) is 23.8 Å². The fourth-order valence-corrected chi connectivity index (χ4v) is 4.48. The minimum Gasteiger partial charge on any atom is -0.399 e. The van der Waals surface area contributed by atoms with Crippen LogP contribution in [0.2, 0.25) is 0 Å². The average molecular weight is 391 g/mol. The molecule has 0 bridgehead atoms. The molecule has 1 saturated carbocycles. The monoisotopic (exact) mass is 390 g/mol. The number of allylic oxidation sites excluding steroid dienone is 1. The standard InChI is InChI=1S/C24H30N4O/c1-15(2)12-21-24(28-22(29)13-16-6-4-3-5-7-16)27-20-11-8-17-14-18(25)9-10-19(17)23(20)26-21/h9-10,12,14,16H,3-8,11,13,25H2,1-2H3,(H,27,28,29). The molecule has 0 spiro atoms. The highest BCUT2D eigenvalue weighted by Gasteiger charge is 2.23. The van der Waals surface area contributed by atoms with Crippen LogP contribution < -0.4 is 11.1 Å². The van der Waals surface area contributed by atoms with Crippen molar-refractivity contribution < 1.29 is 4.79 Å². The van der Waals surface area contributed by atoms with Gasteiger partial charge in [0, 0.05) is 17.7 Å². The van der Waals surface area contributed by atoms with Gasteiger partial charge < -0.3 is 11.1 Å². The molecule has 1 fully saturated rings. The Balaban J connectivity index is 1.64. The van der Waals surface area contributed by atoms with Crippen LogP contribution in [0.4, 0.5) is 11.5 Å². The zero-order valence-electron chi connectivity index (χ0n) is 17.4. The number of amides is 1. The predicted molar refractivity (Wildman–Crippen MR) is 118 cm³/mol. The molecule has 0 saturated heterocycles. The minimum atomic E-state index is 0.0542. The van der Waals surface area contributed by atoms with E-state index in [1.807, 2.05) is 38.1 Å². The van der Waals surface area contributed by atoms with E-state index >= 15 is 0 Å². The zero-order valence-corrected chi connectivity index (χ0v) is 17.4. The van der Waals surface area contributed by atoms with Gasteiger partial charge in [0.05, 0.1) is 11.4 Å². The zero-order chi connectivity index (χ0) is 20.4. The number of fused-ring (bicyclic) bond motifs is 3. The summed E-state index contributed by atoms with van der Waals surface area (Å²) in [7, 11) is 0. The molecule has 0 radical (unpaired) electrons. The van der Waals surface area contributed by atoms with E-state index in [9.17, 15) is 4.79 Å². The summed E-state index contributed by atoms with van der Waals surface area (Å²) in [5.74, 6) is 1.14. The van der Waals surface area contributed by atoms with Crippen LogP contribution in [0, 0.1) is 5.92 Å². The summed E-state index contributed by atoms with van der Waals surface area (Å²) in [5, 5.41) is 3.07. The van der Waals surface area contributed by atoms with Gasteiger partial charge in [0.2, 0.25) is 5.91 Å². The first-order valence-electron chi connectivity index (χ1n) is 10.7. The SMILES string of the molecule is CC(C)=Cc1nc2c(nc1NC(=O)CC1CCCCC1)CCc1cc(N)ccc1-2. The van der Waals surface area contributed by atoms with E-state index in [1.165, 1.54) is 24.8 Å². The van der Waals surface area contributed by atoms with Crippen molar-refractivity contribution in [2.75, 3.05) is 11.1 Å². The maximum Gasteiger partial charge on any atom is 0.225 e. The molecule has 2 aromatic rings. The molecule has 0 aliphatic heterocycles. The lowest BCUT2D eigenvalue weighted by Gasteiger charge is -2.22. The molecule has 0 unspecified atom stereocenters. The highest BCUT2D eigenvalue weighted by atomic mass is 16.1. The van der Waals surface area contributed by atoms with E-state index < -0.39 is 0 Å². The molecule has 3 N–H and O–H groups in total. The van der Waals surface area contributed by atoms with Crippen LogP contribution in [0.5, 0.6) is 0 Å². The molecule has 5 heteroatoms. The lowest BCUT2D eigenvalue weighted by molar-refractivity contribution is -0.117. The van der Waals surface area contributed by atoms with Crippen molar-refractivity contribution >= 4 is 23.5 Å². The van der Waals surface area contributed by atoms with Crippen molar-refractivity contribution in [3.05, 3.63) is 40.7 Å². The Labute approximate surface area is 172 Å². The molecule has 152 valence electrons. The van der Waals surface area contributed by atoms with Crippen molar-refractivity contribution in [2.45, 2.75) is 65.2 Å². The number of nitrogens with zero attached hydrogens (tertiary/aromatic N) is 2. The smallest absolute Gasteiger partial charge is 0.225 e. The fraction of sp³-hybridized carbons (Fsp3) is 0.458. The molecule has 1 amide bonds. The summed E-state index contributed by atoms with van der Waals surface area (Å²) in [6.45, 7) is 4.06. The Kier molecular flexibility index (Phi) is 5.65. The molecule has 1 heterocycles. The number of carbonyl (C=O) groups excluding carboxylic acids is 1. The molecule has 5 nitrogen and oxygen atoms in total. The largest absolute Gasteiger partial charge is 0.399 e. The lowest BCUT2D eigenvalue weighted by Crippen LogP contribution is -2.21. The van der Waals surface area contributed by atoms with Gasteiger partial charge in [-0.2, -0.15) is 0 Å². The quantitative estimate of drug-likeness (QED) is 0.707. The van der Waals surface area contributed by atoms with E-state index in [0.717, 1.165) is 59.6 Å². The highest BCUT2D eigenvalue weighted by Crippen LogP contribution is 2.34. The van der Waals surface area contributed by atoms with Crippen molar-refractivity contribution in [3.63, 3.8) is 0 Å². The van der Waals surface area contributed by atoms with E-state index in [1.54, 1.807) is 0 Å². The number of hydrogen-bond acceptors (Lipinski definition) is 4. The number of nitrogens with two attached hydrogens (primary N) is 1. The second-order valence-corrected chi connectivity index (χ2v) is 8.65. The number of aromatic nitrogens is 2. The number of aryl methyl sites for hydroxylation is 2. The van der Waals surface area contributed by atoms with Crippen LogP contribution in [0.25, 0.3) is 17.3 Å². The Morgan fingerprint density at radius 2 is 1.97 bits per heavy atom. The van der Waals surface area contributed by atoms with Crippen molar-refractivity contribution in [2.24, 2.45) is 5.92 Å². The molecule has 1 aromatic carbocycles. The molecule has 0 atom stereocenters. The maximum absolute atomic E-state index is 12.7. The fourth-order valence-electron chi connectivity index (χ4n) is 4.48. The summed E-state index contributed by atoms with van der Waals surface area (Å²) in [4.78, 5) is 22.5. The second kappa shape index (κ2) is 8.36. The minimum absolute atomic E-state index is 0.0542. The van der Waals surface area contributed by atoms with Gasteiger partial charge in [-0.1, -0.05) is 30.9 Å². The number of carbonyl (C=O) groups is 1. The number of benzene rings is 1. The third kappa shape index (κ3) is 4.50. The van der Waals surface area contributed by atoms with Crippen molar-refractivity contribution in [1.29, 1.82) is 0 Å². The van der Waals surface area contributed by atoms with Gasteiger partial charge in [-0.25, -0.2) is 9.97 Å². The highest BCUT2D eigenvalue weighted by molar-refractivity contribution is 5.92. The predicted octanol–water partition coefficient (Wildman–Crippen LogP) is 5.16. The summed E-state index contributed by atoms with van der Waals surface area (Å²) in [6.07, 6.45) is 10.4. The van der Waals surface area contributed by atoms with Gasteiger partial charge in [-0.15, -0.1) is 0 Å². The van der Waals surface area contributed by atoms with Gasteiger partial charge >= 0.3 is 0 Å². The summed E-state index contributed by atoms with van der Waals surface area (Å²) in [5.41, 5.74) is 12.7. The van der Waals surface area contributed by atoms with Crippen LogP contribution >= 0.6 is 0 Å². The third-order valence-electron chi connectivity index (χ3n) is 5.89. The van der Waals surface area contributed by atoms with Crippen molar-refractivity contribution in [1.82, 2.24) is 9.97 Å². The Morgan fingerprint density at radius 1 is 1.17 bits per heavy atom. The topological polar surface area (TPSA) is 80.9 Å². The number of nitrogen functional groups attached to an aromatic ring is 1. The van der Waals surface area contributed by atoms with Crippen LogP contribution in [0.1, 0.15) is 69.3 Å². The average Bonchev–Trinajstić information content (AvgIpc) is 2.68. The van der Waals surface area contributed by atoms with E-state index in [-0.39, 0.29) is 5.91 Å². The summed E-state index contributed by atoms with van der Waals surface area (Å²) < 4.78 is 0. The van der Waals surface area contributed by atoms with Gasteiger partial charge in [-0.05, 0) is 69.2 Å². The first-order chi connectivity index (χ1) is 14.0. The normalized spacial score (nSPS) is 15.9. The van der Waals surface area contributed by atoms with Gasteiger partial charge in [-0.3, -0.25) is 4.79 Å². The first-order valence-corrected chi connectivity index (χ1v) is 10.7. The molecular weight excluding hydrogens is 360 g/mol. The first kappa shape index (κ1) is 19.6. The molecule has 1 aromatic heterocycles. The molecule has 4 rings (SSSR count). The van der Waals surface area contributed by atoms with Gasteiger partial charge in [0.25, 0.3) is 0 Å². The van der Waals surface area contributed by atoms with Crippen LogP contribution in [-0.2, 0) is 17.6 Å². The van der Waals surface area contributed by atoms with Crippen LogP contribution in [0.3, 0.4) is 0 Å². The van der Waals surface area contributed by atoms with Gasteiger partial charge in [0.1, 0.15) is 5.69 Å². The summed E-state index contributed by atoms with van der Waals surface area (Å²) >= 11 is 0.